The fraction of sp³-hybridized carbons (Fsp3) is 0.0541. The molecule has 1 aliphatic heterocycles. The summed E-state index contributed by atoms with van der Waals surface area (Å²) in [6.45, 7) is 0.147. The van der Waals surface area contributed by atoms with Crippen LogP contribution in [0.4, 0.5) is 11.4 Å². The molecule has 0 saturated heterocycles. The summed E-state index contributed by atoms with van der Waals surface area (Å²) in [5, 5.41) is 8.57. The van der Waals surface area contributed by atoms with Crippen LogP contribution in [0.2, 0.25) is 5.02 Å². The number of carbonyl (C=O) groups excluding carboxylic acids is 3. The molecule has 0 aromatic heterocycles. The van der Waals surface area contributed by atoms with Crippen molar-refractivity contribution in [2.45, 2.75) is 10.1 Å². The lowest BCUT2D eigenvalue weighted by Crippen LogP contribution is -2.30. The summed E-state index contributed by atoms with van der Waals surface area (Å²) in [7, 11) is 0. The van der Waals surface area contributed by atoms with Crippen LogP contribution in [0.1, 0.15) is 26.7 Å². The van der Waals surface area contributed by atoms with Gasteiger partial charge in [-0.3, -0.25) is 14.4 Å². The average Bonchev–Trinajstić information content (AvgIpc) is 3.57. The Bertz CT molecular complexity index is 1920. The zero-order chi connectivity index (χ0) is 32.6. The molecule has 3 N–H and O–H groups in total. The lowest BCUT2D eigenvalue weighted by Gasteiger charge is -2.18. The lowest BCUT2D eigenvalue weighted by molar-refractivity contribution is -0.116. The number of hydrogen-bond donors (Lipinski definition) is 3. The molecule has 1 atom stereocenters. The predicted octanol–water partition coefficient (Wildman–Crippen LogP) is 7.95. The van der Waals surface area contributed by atoms with Gasteiger partial charge in [-0.1, -0.05) is 72.3 Å². The molecule has 3 amide bonds. The van der Waals surface area contributed by atoms with Gasteiger partial charge in [0.05, 0.1) is 0 Å². The summed E-state index contributed by atoms with van der Waals surface area (Å²) < 4.78 is 10.8. The highest BCUT2D eigenvalue weighted by Crippen LogP contribution is 2.38. The number of rotatable bonds is 10. The standard InChI is InChI=1S/C37H28ClN3O5S/c38-27-13-11-24(12-14-27)21-31(41-35(42)26-9-5-2-6-10-26)36(43)39-28-15-18-30(19-16-28)47-34(25-7-3-1-4-8-25)37(44)40-29-17-20-32-33(22-29)46-23-45-32/h1-22,34H,23H2,(H,39,43)(H,40,44)(H,41,42)/b31-21-. The number of fused-ring (bicyclic) bond motifs is 1. The van der Waals surface area contributed by atoms with Crippen molar-refractivity contribution in [2.24, 2.45) is 0 Å². The van der Waals surface area contributed by atoms with Crippen molar-refractivity contribution in [3.63, 3.8) is 0 Å². The predicted molar refractivity (Wildman–Crippen MR) is 185 cm³/mol. The second-order valence-corrected chi connectivity index (χ2v) is 12.0. The van der Waals surface area contributed by atoms with Crippen LogP contribution in [0, 0.1) is 0 Å². The Hall–Kier alpha value is -5.51. The van der Waals surface area contributed by atoms with Gasteiger partial charge in [0.15, 0.2) is 11.5 Å². The van der Waals surface area contributed by atoms with Crippen molar-refractivity contribution in [3.8, 4) is 11.5 Å². The van der Waals surface area contributed by atoms with Crippen LogP contribution in [-0.2, 0) is 9.59 Å². The van der Waals surface area contributed by atoms with E-state index in [4.69, 9.17) is 21.1 Å². The van der Waals surface area contributed by atoms with E-state index in [2.05, 4.69) is 16.0 Å². The molecular formula is C37H28ClN3O5S. The molecule has 1 aliphatic rings. The third-order valence-electron chi connectivity index (χ3n) is 7.06. The number of thioether (sulfide) groups is 1. The first kappa shape index (κ1) is 31.5. The van der Waals surface area contributed by atoms with Gasteiger partial charge in [0.1, 0.15) is 10.9 Å². The molecule has 6 rings (SSSR count). The van der Waals surface area contributed by atoms with Gasteiger partial charge in [0.25, 0.3) is 11.8 Å². The molecule has 0 fully saturated rings. The van der Waals surface area contributed by atoms with Gasteiger partial charge in [0, 0.05) is 32.9 Å². The zero-order valence-electron chi connectivity index (χ0n) is 24.8. The van der Waals surface area contributed by atoms with Crippen LogP contribution >= 0.6 is 23.4 Å². The molecule has 0 bridgehead atoms. The van der Waals surface area contributed by atoms with Crippen molar-refractivity contribution < 1.29 is 23.9 Å². The molecule has 0 spiro atoms. The van der Waals surface area contributed by atoms with Crippen molar-refractivity contribution >= 4 is 58.5 Å². The van der Waals surface area contributed by atoms with Crippen molar-refractivity contribution in [3.05, 3.63) is 155 Å². The largest absolute Gasteiger partial charge is 0.454 e. The number of ether oxygens (including phenoxy) is 2. The van der Waals surface area contributed by atoms with Crippen LogP contribution in [0.15, 0.2) is 138 Å². The first-order valence-electron chi connectivity index (χ1n) is 14.6. The maximum absolute atomic E-state index is 13.6. The highest BCUT2D eigenvalue weighted by Gasteiger charge is 2.24. The Kier molecular flexibility index (Phi) is 9.86. The topological polar surface area (TPSA) is 106 Å². The van der Waals surface area contributed by atoms with Gasteiger partial charge in [-0.2, -0.15) is 0 Å². The minimum atomic E-state index is -0.566. The van der Waals surface area contributed by atoms with E-state index in [0.29, 0.717) is 39.0 Å². The summed E-state index contributed by atoms with van der Waals surface area (Å²) >= 11 is 7.41. The number of carbonyl (C=O) groups is 3. The fourth-order valence-electron chi connectivity index (χ4n) is 4.70. The molecule has 234 valence electrons. The maximum Gasteiger partial charge on any atom is 0.272 e. The Morgan fingerprint density at radius 2 is 1.38 bits per heavy atom. The summed E-state index contributed by atoms with van der Waals surface area (Å²) in [5.41, 5.74) is 3.10. The highest BCUT2D eigenvalue weighted by molar-refractivity contribution is 8.00. The Morgan fingerprint density at radius 3 is 2.11 bits per heavy atom. The van der Waals surface area contributed by atoms with E-state index in [1.807, 2.05) is 48.5 Å². The second-order valence-electron chi connectivity index (χ2n) is 10.4. The maximum atomic E-state index is 13.6. The molecule has 1 unspecified atom stereocenters. The van der Waals surface area contributed by atoms with Crippen LogP contribution in [0.3, 0.4) is 0 Å². The summed E-state index contributed by atoms with van der Waals surface area (Å²) in [6.07, 6.45) is 1.58. The van der Waals surface area contributed by atoms with E-state index in [0.717, 1.165) is 10.5 Å². The normalized spacial score (nSPS) is 12.6. The number of amides is 3. The molecule has 10 heteroatoms. The highest BCUT2D eigenvalue weighted by atomic mass is 35.5. The second kappa shape index (κ2) is 14.7. The summed E-state index contributed by atoms with van der Waals surface area (Å²) in [4.78, 5) is 40.7. The van der Waals surface area contributed by atoms with E-state index in [1.54, 1.807) is 84.9 Å². The van der Waals surface area contributed by atoms with Crippen molar-refractivity contribution in [1.29, 1.82) is 0 Å². The van der Waals surface area contributed by atoms with Crippen molar-refractivity contribution in [2.75, 3.05) is 17.4 Å². The average molecular weight is 662 g/mol. The first-order chi connectivity index (χ1) is 22.9. The quantitative estimate of drug-likeness (QED) is 0.104. The fourth-order valence-corrected chi connectivity index (χ4v) is 5.85. The van der Waals surface area contributed by atoms with Gasteiger partial charge in [-0.25, -0.2) is 0 Å². The third kappa shape index (κ3) is 8.21. The number of benzene rings is 5. The number of anilines is 2. The Morgan fingerprint density at radius 1 is 0.723 bits per heavy atom. The number of hydrogen-bond acceptors (Lipinski definition) is 6. The molecule has 8 nitrogen and oxygen atoms in total. The Labute approximate surface area is 280 Å². The summed E-state index contributed by atoms with van der Waals surface area (Å²) in [5.74, 6) is 0.0858. The minimum Gasteiger partial charge on any atom is -0.454 e. The monoisotopic (exact) mass is 661 g/mol. The molecule has 1 heterocycles. The van der Waals surface area contributed by atoms with E-state index >= 15 is 0 Å². The number of halogens is 1. The van der Waals surface area contributed by atoms with Crippen LogP contribution in [0.5, 0.6) is 11.5 Å². The van der Waals surface area contributed by atoms with E-state index in [-0.39, 0.29) is 18.4 Å². The van der Waals surface area contributed by atoms with Crippen LogP contribution < -0.4 is 25.4 Å². The molecular weight excluding hydrogens is 634 g/mol. The molecule has 0 saturated carbocycles. The molecule has 0 aliphatic carbocycles. The van der Waals surface area contributed by atoms with Gasteiger partial charge in [0.2, 0.25) is 12.7 Å². The molecule has 5 aromatic carbocycles. The van der Waals surface area contributed by atoms with E-state index in [1.165, 1.54) is 11.8 Å². The van der Waals surface area contributed by atoms with Crippen molar-refractivity contribution in [1.82, 2.24) is 5.32 Å². The van der Waals surface area contributed by atoms with Gasteiger partial charge >= 0.3 is 0 Å². The van der Waals surface area contributed by atoms with Gasteiger partial charge < -0.3 is 25.4 Å². The lowest BCUT2D eigenvalue weighted by atomic mass is 10.1. The molecule has 47 heavy (non-hydrogen) atoms. The third-order valence-corrected chi connectivity index (χ3v) is 8.57. The summed E-state index contributed by atoms with van der Waals surface area (Å²) in [6, 6.07) is 37.5. The SMILES string of the molecule is O=C(Nc1ccc(SC(C(=O)Nc2ccc3c(c2)OCO3)c2ccccc2)cc1)/C(=C/c1ccc(Cl)cc1)NC(=O)c1ccccc1. The number of nitrogens with one attached hydrogen (secondary N) is 3. The Balaban J connectivity index is 1.17. The zero-order valence-corrected chi connectivity index (χ0v) is 26.4. The van der Waals surface area contributed by atoms with E-state index < -0.39 is 17.1 Å². The smallest absolute Gasteiger partial charge is 0.272 e. The van der Waals surface area contributed by atoms with Crippen LogP contribution in [-0.4, -0.2) is 24.5 Å². The minimum absolute atomic E-state index is 0.0592. The van der Waals surface area contributed by atoms with Gasteiger partial charge in [-0.05, 0) is 77.9 Å². The van der Waals surface area contributed by atoms with Crippen LogP contribution in [0.25, 0.3) is 6.08 Å². The van der Waals surface area contributed by atoms with E-state index in [9.17, 15) is 14.4 Å². The molecule has 5 aromatic rings. The molecule has 0 radical (unpaired) electrons. The van der Waals surface area contributed by atoms with Gasteiger partial charge in [-0.15, -0.1) is 11.8 Å². The first-order valence-corrected chi connectivity index (χ1v) is 15.8.